The van der Waals surface area contributed by atoms with Gasteiger partial charge >= 0.3 is 0 Å². The summed E-state index contributed by atoms with van der Waals surface area (Å²) in [5, 5.41) is 17.0. The van der Waals surface area contributed by atoms with Crippen molar-refractivity contribution in [1.29, 1.82) is 0 Å². The van der Waals surface area contributed by atoms with Gasteiger partial charge in [0.2, 0.25) is 0 Å². The van der Waals surface area contributed by atoms with Gasteiger partial charge in [-0.25, -0.2) is 0 Å². The number of hydrogen-bond acceptors (Lipinski definition) is 4. The molecule has 0 amide bonds. The molecule has 0 radical (unpaired) electrons. The molecule has 0 aliphatic rings. The van der Waals surface area contributed by atoms with Gasteiger partial charge in [0.1, 0.15) is 6.10 Å². The molecule has 1 unspecified atom stereocenters. The average molecular weight is 352 g/mol. The summed E-state index contributed by atoms with van der Waals surface area (Å²) in [6.45, 7) is 4.08. The van der Waals surface area contributed by atoms with Crippen molar-refractivity contribution in [3.8, 4) is 0 Å². The second-order valence-corrected chi connectivity index (χ2v) is 6.69. The number of aliphatic hydroxyl groups is 1. The second-order valence-electron chi connectivity index (χ2n) is 4.89. The van der Waals surface area contributed by atoms with Crippen LogP contribution in [0.1, 0.15) is 37.3 Å². The highest BCUT2D eigenvalue weighted by Gasteiger charge is 2.21. The summed E-state index contributed by atoms with van der Waals surface area (Å²) < 4.78 is 3.71. The average Bonchev–Trinajstić information content (AvgIpc) is 3.03. The van der Waals surface area contributed by atoms with Crippen molar-refractivity contribution in [2.45, 2.75) is 26.0 Å². The first-order chi connectivity index (χ1) is 9.58. The van der Waals surface area contributed by atoms with E-state index in [1.54, 1.807) is 23.7 Å². The summed E-state index contributed by atoms with van der Waals surface area (Å²) >= 11 is 5.09. The van der Waals surface area contributed by atoms with Crippen molar-refractivity contribution in [2.24, 2.45) is 0 Å². The topological polar surface area (TPSA) is 50.9 Å². The molecular formula is C14H14BrN3OS. The van der Waals surface area contributed by atoms with E-state index in [0.29, 0.717) is 0 Å². The highest BCUT2D eigenvalue weighted by Crippen LogP contribution is 2.32. The van der Waals surface area contributed by atoms with Gasteiger partial charge in [0, 0.05) is 17.8 Å². The van der Waals surface area contributed by atoms with E-state index in [1.165, 1.54) is 0 Å². The summed E-state index contributed by atoms with van der Waals surface area (Å²) in [7, 11) is 0. The zero-order valence-corrected chi connectivity index (χ0v) is 13.5. The van der Waals surface area contributed by atoms with Crippen LogP contribution < -0.4 is 0 Å². The predicted molar refractivity (Wildman–Crippen MR) is 84.0 cm³/mol. The van der Waals surface area contributed by atoms with Crippen LogP contribution in [0.3, 0.4) is 0 Å². The Labute approximate surface area is 129 Å². The first kappa shape index (κ1) is 13.7. The molecule has 0 aromatic carbocycles. The van der Waals surface area contributed by atoms with Gasteiger partial charge < -0.3 is 5.11 Å². The smallest absolute Gasteiger partial charge is 0.123 e. The van der Waals surface area contributed by atoms with E-state index in [1.807, 2.05) is 36.0 Å². The molecule has 3 heterocycles. The molecule has 1 atom stereocenters. The van der Waals surface area contributed by atoms with Crippen molar-refractivity contribution < 1.29 is 5.11 Å². The fourth-order valence-corrected chi connectivity index (χ4v) is 3.47. The van der Waals surface area contributed by atoms with E-state index in [2.05, 4.69) is 26.0 Å². The number of halogens is 1. The Hall–Kier alpha value is -1.24. The number of aliphatic hydroxyl groups excluding tert-OH is 1. The molecule has 0 fully saturated rings. The summed E-state index contributed by atoms with van der Waals surface area (Å²) in [6, 6.07) is 4.15. The first-order valence-electron chi connectivity index (χ1n) is 6.32. The highest BCUT2D eigenvalue weighted by atomic mass is 79.9. The minimum Gasteiger partial charge on any atom is -0.382 e. The normalized spacial score (nSPS) is 13.2. The summed E-state index contributed by atoms with van der Waals surface area (Å²) in [4.78, 5) is 4.38. The van der Waals surface area contributed by atoms with Crippen LogP contribution in [-0.4, -0.2) is 19.9 Å². The SMILES string of the molecule is CC(C)n1ncc(Br)c1C(O)c1cnc2ccsc2c1. The van der Waals surface area contributed by atoms with Crippen molar-refractivity contribution in [1.82, 2.24) is 14.8 Å². The van der Waals surface area contributed by atoms with Gasteiger partial charge in [0.05, 0.1) is 26.6 Å². The maximum absolute atomic E-state index is 10.7. The Bertz CT molecular complexity index is 750. The number of rotatable bonds is 3. The van der Waals surface area contributed by atoms with Gasteiger partial charge in [-0.2, -0.15) is 5.10 Å². The lowest BCUT2D eigenvalue weighted by molar-refractivity contribution is 0.204. The van der Waals surface area contributed by atoms with Crippen LogP contribution in [0.4, 0.5) is 0 Å². The van der Waals surface area contributed by atoms with Crippen molar-refractivity contribution >= 4 is 37.5 Å². The standard InChI is InChI=1S/C14H14BrN3OS/c1-8(2)18-13(10(15)7-17-18)14(19)9-5-12-11(16-6-9)3-4-20-12/h3-8,14,19H,1-2H3. The zero-order chi connectivity index (χ0) is 14.3. The second kappa shape index (κ2) is 5.27. The van der Waals surface area contributed by atoms with Crippen LogP contribution in [-0.2, 0) is 0 Å². The molecule has 3 aromatic rings. The van der Waals surface area contributed by atoms with Crippen LogP contribution in [0, 0.1) is 0 Å². The summed E-state index contributed by atoms with van der Waals surface area (Å²) in [6.07, 6.45) is 2.70. The van der Waals surface area contributed by atoms with E-state index in [-0.39, 0.29) is 6.04 Å². The van der Waals surface area contributed by atoms with Crippen molar-refractivity contribution in [2.75, 3.05) is 0 Å². The molecule has 104 valence electrons. The third kappa shape index (κ3) is 2.28. The Morgan fingerprint density at radius 2 is 2.15 bits per heavy atom. The molecule has 0 aliphatic heterocycles. The van der Waals surface area contributed by atoms with Crippen LogP contribution in [0.2, 0.25) is 0 Å². The van der Waals surface area contributed by atoms with Crippen LogP contribution in [0.25, 0.3) is 10.2 Å². The lowest BCUT2D eigenvalue weighted by atomic mass is 10.1. The molecule has 3 rings (SSSR count). The Balaban J connectivity index is 2.07. The quantitative estimate of drug-likeness (QED) is 0.777. The number of hydrogen-bond donors (Lipinski definition) is 1. The number of aromatic nitrogens is 3. The fraction of sp³-hybridized carbons (Fsp3) is 0.286. The number of fused-ring (bicyclic) bond motifs is 1. The number of pyridine rings is 1. The first-order valence-corrected chi connectivity index (χ1v) is 7.99. The molecular weight excluding hydrogens is 338 g/mol. The molecule has 20 heavy (non-hydrogen) atoms. The molecule has 3 aromatic heterocycles. The summed E-state index contributed by atoms with van der Waals surface area (Å²) in [5.41, 5.74) is 2.50. The van der Waals surface area contributed by atoms with E-state index in [4.69, 9.17) is 0 Å². The van der Waals surface area contributed by atoms with Crippen LogP contribution >= 0.6 is 27.3 Å². The van der Waals surface area contributed by atoms with Gasteiger partial charge in [-0.05, 0) is 47.3 Å². The summed E-state index contributed by atoms with van der Waals surface area (Å²) in [5.74, 6) is 0. The maximum Gasteiger partial charge on any atom is 0.123 e. The van der Waals surface area contributed by atoms with Crippen LogP contribution in [0.5, 0.6) is 0 Å². The third-order valence-electron chi connectivity index (χ3n) is 3.17. The minimum absolute atomic E-state index is 0.185. The molecule has 0 saturated heterocycles. The lowest BCUT2D eigenvalue weighted by Crippen LogP contribution is -2.12. The molecule has 6 heteroatoms. The van der Waals surface area contributed by atoms with E-state index in [9.17, 15) is 5.11 Å². The van der Waals surface area contributed by atoms with E-state index >= 15 is 0 Å². The van der Waals surface area contributed by atoms with E-state index < -0.39 is 6.10 Å². The molecule has 0 bridgehead atoms. The number of thiophene rings is 1. The lowest BCUT2D eigenvalue weighted by Gasteiger charge is -2.16. The number of nitrogens with zero attached hydrogens (tertiary/aromatic N) is 3. The fourth-order valence-electron chi connectivity index (χ4n) is 2.19. The Kier molecular flexibility index (Phi) is 3.62. The molecule has 0 aliphatic carbocycles. The predicted octanol–water partition coefficient (Wildman–Crippen LogP) is 3.92. The van der Waals surface area contributed by atoms with Gasteiger partial charge in [0.15, 0.2) is 0 Å². The van der Waals surface area contributed by atoms with Crippen LogP contribution in [0.15, 0.2) is 34.4 Å². The van der Waals surface area contributed by atoms with E-state index in [0.717, 1.165) is 25.9 Å². The molecule has 4 nitrogen and oxygen atoms in total. The third-order valence-corrected chi connectivity index (χ3v) is 4.64. The van der Waals surface area contributed by atoms with Gasteiger partial charge in [0.25, 0.3) is 0 Å². The minimum atomic E-state index is -0.742. The highest BCUT2D eigenvalue weighted by molar-refractivity contribution is 9.10. The van der Waals surface area contributed by atoms with Gasteiger partial charge in [-0.3, -0.25) is 9.67 Å². The van der Waals surface area contributed by atoms with Gasteiger partial charge in [-0.1, -0.05) is 0 Å². The van der Waals surface area contributed by atoms with Crippen molar-refractivity contribution in [3.05, 3.63) is 45.6 Å². The molecule has 0 spiro atoms. The largest absolute Gasteiger partial charge is 0.382 e. The Morgan fingerprint density at radius 3 is 2.90 bits per heavy atom. The monoisotopic (exact) mass is 351 g/mol. The van der Waals surface area contributed by atoms with Crippen molar-refractivity contribution in [3.63, 3.8) is 0 Å². The van der Waals surface area contributed by atoms with Gasteiger partial charge in [-0.15, -0.1) is 11.3 Å². The maximum atomic E-state index is 10.7. The Morgan fingerprint density at radius 1 is 1.35 bits per heavy atom. The molecule has 0 saturated carbocycles. The zero-order valence-electron chi connectivity index (χ0n) is 11.1. The molecule has 1 N–H and O–H groups in total.